The average molecular weight is 415 g/mol. The highest BCUT2D eigenvalue weighted by molar-refractivity contribution is 7.14. The Morgan fingerprint density at radius 1 is 1.28 bits per heavy atom. The number of amides is 3. The Hall–Kier alpha value is -3.20. The first kappa shape index (κ1) is 20.5. The van der Waals surface area contributed by atoms with E-state index < -0.39 is 30.3 Å². The number of anilines is 1. The molecule has 3 amide bonds. The van der Waals surface area contributed by atoms with Gasteiger partial charge in [-0.25, -0.2) is 0 Å². The highest BCUT2D eigenvalue weighted by Gasteiger charge is 2.38. The van der Waals surface area contributed by atoms with Gasteiger partial charge in [0.05, 0.1) is 17.5 Å². The van der Waals surface area contributed by atoms with Crippen molar-refractivity contribution in [2.75, 3.05) is 18.5 Å². The summed E-state index contributed by atoms with van der Waals surface area (Å²) in [5.74, 6) is -2.59. The van der Waals surface area contributed by atoms with Crippen molar-refractivity contribution in [3.8, 4) is 0 Å². The molecule has 2 atom stereocenters. The molecular formula is C20H21N3O5S. The summed E-state index contributed by atoms with van der Waals surface area (Å²) in [5, 5.41) is 4.42. The second-order valence-electron chi connectivity index (χ2n) is 6.72. The van der Waals surface area contributed by atoms with Crippen molar-refractivity contribution in [2.24, 2.45) is 11.7 Å². The Bertz CT molecular complexity index is 927. The lowest BCUT2D eigenvalue weighted by Crippen LogP contribution is -2.30. The van der Waals surface area contributed by atoms with Crippen molar-refractivity contribution in [3.05, 3.63) is 52.9 Å². The highest BCUT2D eigenvalue weighted by atomic mass is 32.1. The van der Waals surface area contributed by atoms with Crippen LogP contribution in [-0.4, -0.2) is 41.7 Å². The van der Waals surface area contributed by atoms with Crippen molar-refractivity contribution in [1.82, 2.24) is 4.90 Å². The van der Waals surface area contributed by atoms with Crippen LogP contribution in [0.2, 0.25) is 0 Å². The second kappa shape index (κ2) is 8.87. The maximum atomic E-state index is 12.4. The first-order chi connectivity index (χ1) is 13.9. The van der Waals surface area contributed by atoms with Gasteiger partial charge in [-0.1, -0.05) is 30.3 Å². The fourth-order valence-electron chi connectivity index (χ4n) is 3.19. The lowest BCUT2D eigenvalue weighted by molar-refractivity contribution is -0.151. The van der Waals surface area contributed by atoms with Crippen LogP contribution in [0, 0.1) is 5.92 Å². The molecule has 29 heavy (non-hydrogen) atoms. The number of rotatable bonds is 7. The molecule has 0 bridgehead atoms. The molecule has 0 saturated carbocycles. The third-order valence-electron chi connectivity index (χ3n) is 4.77. The Morgan fingerprint density at radius 2 is 2.00 bits per heavy atom. The number of hydrogen-bond acceptors (Lipinski definition) is 6. The van der Waals surface area contributed by atoms with Crippen LogP contribution in [0.3, 0.4) is 0 Å². The number of thiophene rings is 1. The largest absolute Gasteiger partial charge is 0.455 e. The molecule has 1 fully saturated rings. The molecule has 1 aromatic carbocycles. The summed E-state index contributed by atoms with van der Waals surface area (Å²) in [6.07, 6.45) is 0.0500. The number of likely N-dealkylation sites (tertiary alicyclic amines) is 1. The first-order valence-electron chi connectivity index (χ1n) is 9.05. The number of carbonyl (C=O) groups is 4. The molecule has 2 heterocycles. The predicted molar refractivity (Wildman–Crippen MR) is 107 cm³/mol. The van der Waals surface area contributed by atoms with Crippen LogP contribution in [0.4, 0.5) is 5.00 Å². The maximum absolute atomic E-state index is 12.4. The lowest BCUT2D eigenvalue weighted by atomic mass is 10.1. The van der Waals surface area contributed by atoms with Crippen molar-refractivity contribution in [1.29, 1.82) is 0 Å². The fourth-order valence-corrected chi connectivity index (χ4v) is 4.00. The third-order valence-corrected chi connectivity index (χ3v) is 5.60. The number of nitrogens with two attached hydrogens (primary N) is 1. The Labute approximate surface area is 171 Å². The van der Waals surface area contributed by atoms with Crippen LogP contribution < -0.4 is 11.1 Å². The number of nitrogens with zero attached hydrogens (tertiary/aromatic N) is 1. The smallest absolute Gasteiger partial charge is 0.311 e. The number of ether oxygens (including phenoxy) is 1. The van der Waals surface area contributed by atoms with E-state index in [1.165, 1.54) is 6.07 Å². The SMILES string of the molecule is C[C@H](c1ccccc1)N1C[C@@H](C(=O)OCC(=O)Nc2sccc2C(N)=O)CC1=O. The molecule has 1 saturated heterocycles. The number of esters is 1. The summed E-state index contributed by atoms with van der Waals surface area (Å²) in [6.45, 7) is 1.64. The molecule has 3 rings (SSSR count). The van der Waals surface area contributed by atoms with Gasteiger partial charge in [0.25, 0.3) is 11.8 Å². The van der Waals surface area contributed by atoms with Crippen LogP contribution in [0.1, 0.15) is 35.3 Å². The Balaban J connectivity index is 1.52. The summed E-state index contributed by atoms with van der Waals surface area (Å²) in [4.78, 5) is 49.6. The van der Waals surface area contributed by atoms with E-state index in [4.69, 9.17) is 10.5 Å². The number of hydrogen-bond donors (Lipinski definition) is 2. The second-order valence-corrected chi connectivity index (χ2v) is 7.63. The monoisotopic (exact) mass is 415 g/mol. The van der Waals surface area contributed by atoms with Crippen molar-refractivity contribution in [3.63, 3.8) is 0 Å². The molecule has 1 aliphatic rings. The van der Waals surface area contributed by atoms with Crippen molar-refractivity contribution < 1.29 is 23.9 Å². The number of nitrogens with one attached hydrogen (secondary N) is 1. The molecular weight excluding hydrogens is 394 g/mol. The minimum Gasteiger partial charge on any atom is -0.455 e. The van der Waals surface area contributed by atoms with E-state index in [0.29, 0.717) is 5.00 Å². The van der Waals surface area contributed by atoms with Gasteiger partial charge in [-0.05, 0) is 23.9 Å². The number of carbonyl (C=O) groups excluding carboxylic acids is 4. The van der Waals surface area contributed by atoms with Gasteiger partial charge in [0.15, 0.2) is 6.61 Å². The normalized spacial score (nSPS) is 17.1. The minimum absolute atomic E-state index is 0.0500. The molecule has 2 aromatic rings. The summed E-state index contributed by atoms with van der Waals surface area (Å²) in [7, 11) is 0. The molecule has 152 valence electrons. The molecule has 3 N–H and O–H groups in total. The van der Waals surface area contributed by atoms with E-state index >= 15 is 0 Å². The summed E-state index contributed by atoms with van der Waals surface area (Å²) in [5.41, 5.74) is 6.40. The summed E-state index contributed by atoms with van der Waals surface area (Å²) < 4.78 is 5.08. The van der Waals surface area contributed by atoms with Crippen LogP contribution >= 0.6 is 11.3 Å². The van der Waals surface area contributed by atoms with Gasteiger partial charge in [0.1, 0.15) is 5.00 Å². The maximum Gasteiger partial charge on any atom is 0.311 e. The van der Waals surface area contributed by atoms with Gasteiger partial charge in [-0.2, -0.15) is 0 Å². The van der Waals surface area contributed by atoms with Gasteiger partial charge in [-0.15, -0.1) is 11.3 Å². The zero-order valence-corrected chi connectivity index (χ0v) is 16.6. The topological polar surface area (TPSA) is 119 Å². The Morgan fingerprint density at radius 3 is 2.69 bits per heavy atom. The van der Waals surface area contributed by atoms with Gasteiger partial charge < -0.3 is 20.7 Å². The zero-order valence-electron chi connectivity index (χ0n) is 15.8. The van der Waals surface area contributed by atoms with Crippen LogP contribution in [0.15, 0.2) is 41.8 Å². The third kappa shape index (κ3) is 4.80. The Kier molecular flexibility index (Phi) is 6.28. The predicted octanol–water partition coefficient (Wildman–Crippen LogP) is 1.94. The van der Waals surface area contributed by atoms with E-state index in [1.54, 1.807) is 10.3 Å². The molecule has 0 aliphatic carbocycles. The van der Waals surface area contributed by atoms with E-state index in [9.17, 15) is 19.2 Å². The molecule has 1 aliphatic heterocycles. The molecule has 8 nitrogen and oxygen atoms in total. The van der Waals surface area contributed by atoms with E-state index in [1.807, 2.05) is 37.3 Å². The number of benzene rings is 1. The standard InChI is InChI=1S/C20H21N3O5S/c1-12(13-5-3-2-4-6-13)23-10-14(9-17(23)25)20(27)28-11-16(24)22-19-15(18(21)26)7-8-29-19/h2-8,12,14H,9-11H2,1H3,(H2,21,26)(H,22,24)/t12-,14+/m1/s1. The van der Waals surface area contributed by atoms with E-state index in [-0.39, 0.29) is 30.5 Å². The zero-order chi connectivity index (χ0) is 21.0. The molecule has 0 radical (unpaired) electrons. The van der Waals surface area contributed by atoms with Gasteiger partial charge >= 0.3 is 5.97 Å². The summed E-state index contributed by atoms with van der Waals surface area (Å²) in [6, 6.07) is 10.9. The molecule has 0 unspecified atom stereocenters. The average Bonchev–Trinajstić information content (AvgIpc) is 3.33. The minimum atomic E-state index is -0.657. The first-order valence-corrected chi connectivity index (χ1v) is 9.93. The van der Waals surface area contributed by atoms with Crippen molar-refractivity contribution in [2.45, 2.75) is 19.4 Å². The van der Waals surface area contributed by atoms with E-state index in [2.05, 4.69) is 5.32 Å². The van der Waals surface area contributed by atoms with Crippen LogP contribution in [0.25, 0.3) is 0 Å². The van der Waals surface area contributed by atoms with Gasteiger partial charge in [0, 0.05) is 13.0 Å². The van der Waals surface area contributed by atoms with Crippen molar-refractivity contribution >= 4 is 40.0 Å². The van der Waals surface area contributed by atoms with E-state index in [0.717, 1.165) is 16.9 Å². The van der Waals surface area contributed by atoms with Gasteiger partial charge in [-0.3, -0.25) is 19.2 Å². The van der Waals surface area contributed by atoms with Gasteiger partial charge in [0.2, 0.25) is 5.91 Å². The number of primary amides is 1. The highest BCUT2D eigenvalue weighted by Crippen LogP contribution is 2.29. The fraction of sp³-hybridized carbons (Fsp3) is 0.300. The molecule has 0 spiro atoms. The van der Waals surface area contributed by atoms with Crippen LogP contribution in [0.5, 0.6) is 0 Å². The quantitative estimate of drug-likeness (QED) is 0.670. The molecule has 9 heteroatoms. The lowest BCUT2D eigenvalue weighted by Gasteiger charge is -2.25. The van der Waals surface area contributed by atoms with Crippen LogP contribution in [-0.2, 0) is 19.1 Å². The summed E-state index contributed by atoms with van der Waals surface area (Å²) >= 11 is 1.14. The molecule has 1 aromatic heterocycles.